The highest BCUT2D eigenvalue weighted by Crippen LogP contribution is 2.41. The SMILES string of the molecule is CNOC(C)(CC(C)(C)C)C(C)(C)C. The second-order valence-corrected chi connectivity index (χ2v) is 6.52. The molecule has 0 radical (unpaired) electrons. The Hall–Kier alpha value is -0.0800. The molecule has 0 fully saturated rings. The molecule has 0 amide bonds. The molecule has 0 rings (SSSR count). The fourth-order valence-electron chi connectivity index (χ4n) is 1.69. The van der Waals surface area contributed by atoms with Gasteiger partial charge < -0.3 is 0 Å². The normalized spacial score (nSPS) is 18.0. The van der Waals surface area contributed by atoms with Gasteiger partial charge in [0.2, 0.25) is 0 Å². The summed E-state index contributed by atoms with van der Waals surface area (Å²) in [6, 6.07) is 0. The summed E-state index contributed by atoms with van der Waals surface area (Å²) >= 11 is 0. The highest BCUT2D eigenvalue weighted by molar-refractivity contribution is 4.91. The van der Waals surface area contributed by atoms with E-state index >= 15 is 0 Å². The second-order valence-electron chi connectivity index (χ2n) is 6.52. The van der Waals surface area contributed by atoms with Gasteiger partial charge in [-0.2, -0.15) is 0 Å². The van der Waals surface area contributed by atoms with Crippen LogP contribution in [0.2, 0.25) is 0 Å². The first kappa shape index (κ1) is 13.9. The van der Waals surface area contributed by atoms with Crippen molar-refractivity contribution in [2.75, 3.05) is 7.05 Å². The molecule has 0 aliphatic heterocycles. The molecule has 0 aromatic carbocycles. The molecule has 14 heavy (non-hydrogen) atoms. The maximum atomic E-state index is 5.72. The van der Waals surface area contributed by atoms with Crippen LogP contribution in [0, 0.1) is 10.8 Å². The van der Waals surface area contributed by atoms with Gasteiger partial charge in [-0.25, -0.2) is 5.48 Å². The summed E-state index contributed by atoms with van der Waals surface area (Å²) in [6.07, 6.45) is 1.03. The maximum Gasteiger partial charge on any atom is 0.0921 e. The predicted octanol–water partition coefficient (Wildman–Crippen LogP) is 3.38. The first-order valence-electron chi connectivity index (χ1n) is 5.37. The predicted molar refractivity (Wildman–Crippen MR) is 62.1 cm³/mol. The summed E-state index contributed by atoms with van der Waals surface area (Å²) in [4.78, 5) is 5.72. The van der Waals surface area contributed by atoms with Crippen molar-refractivity contribution in [3.63, 3.8) is 0 Å². The van der Waals surface area contributed by atoms with Crippen LogP contribution in [-0.2, 0) is 4.84 Å². The van der Waals surface area contributed by atoms with Crippen LogP contribution >= 0.6 is 0 Å². The van der Waals surface area contributed by atoms with Crippen molar-refractivity contribution in [2.45, 2.75) is 60.5 Å². The van der Waals surface area contributed by atoms with Gasteiger partial charge in [-0.05, 0) is 24.2 Å². The average Bonchev–Trinajstić information content (AvgIpc) is 1.79. The fraction of sp³-hybridized carbons (Fsp3) is 1.00. The molecule has 1 atom stereocenters. The Morgan fingerprint density at radius 3 is 1.57 bits per heavy atom. The van der Waals surface area contributed by atoms with E-state index in [2.05, 4.69) is 53.9 Å². The number of hydrogen-bond acceptors (Lipinski definition) is 2. The highest BCUT2D eigenvalue weighted by atomic mass is 16.7. The number of nitrogens with one attached hydrogen (secondary N) is 1. The van der Waals surface area contributed by atoms with Crippen LogP contribution in [0.15, 0.2) is 0 Å². The fourth-order valence-corrected chi connectivity index (χ4v) is 1.69. The van der Waals surface area contributed by atoms with Crippen LogP contribution in [0.25, 0.3) is 0 Å². The van der Waals surface area contributed by atoms with Gasteiger partial charge in [0.05, 0.1) is 5.60 Å². The molecule has 86 valence electrons. The van der Waals surface area contributed by atoms with Crippen LogP contribution in [0.5, 0.6) is 0 Å². The lowest BCUT2D eigenvalue weighted by atomic mass is 9.69. The van der Waals surface area contributed by atoms with E-state index in [4.69, 9.17) is 4.84 Å². The molecule has 0 heterocycles. The molecule has 0 saturated heterocycles. The van der Waals surface area contributed by atoms with Gasteiger partial charge in [-0.1, -0.05) is 41.5 Å². The minimum absolute atomic E-state index is 0.128. The van der Waals surface area contributed by atoms with Gasteiger partial charge in [0, 0.05) is 7.05 Å². The third-order valence-electron chi connectivity index (χ3n) is 2.78. The van der Waals surface area contributed by atoms with Crippen molar-refractivity contribution in [2.24, 2.45) is 10.8 Å². The highest BCUT2D eigenvalue weighted by Gasteiger charge is 2.41. The van der Waals surface area contributed by atoms with Crippen LogP contribution in [0.1, 0.15) is 54.9 Å². The van der Waals surface area contributed by atoms with Gasteiger partial charge in [0.15, 0.2) is 0 Å². The Morgan fingerprint density at radius 2 is 1.36 bits per heavy atom. The van der Waals surface area contributed by atoms with E-state index in [-0.39, 0.29) is 16.4 Å². The molecule has 0 aromatic heterocycles. The van der Waals surface area contributed by atoms with Gasteiger partial charge in [0.25, 0.3) is 0 Å². The monoisotopic (exact) mass is 201 g/mol. The zero-order valence-corrected chi connectivity index (χ0v) is 11.1. The molecule has 0 aliphatic rings. The molecule has 1 N–H and O–H groups in total. The Morgan fingerprint density at radius 1 is 0.929 bits per heavy atom. The Balaban J connectivity index is 4.74. The Kier molecular flexibility index (Phi) is 4.17. The molecule has 1 unspecified atom stereocenters. The molecule has 0 aromatic rings. The van der Waals surface area contributed by atoms with Crippen LogP contribution in [0.4, 0.5) is 0 Å². The minimum Gasteiger partial charge on any atom is -0.295 e. The second kappa shape index (κ2) is 4.19. The summed E-state index contributed by atoms with van der Waals surface area (Å²) in [7, 11) is 1.83. The lowest BCUT2D eigenvalue weighted by molar-refractivity contribution is -0.163. The number of hydrogen-bond donors (Lipinski definition) is 1. The average molecular weight is 201 g/mol. The number of hydroxylamine groups is 1. The van der Waals surface area contributed by atoms with Crippen molar-refractivity contribution in [1.29, 1.82) is 0 Å². The molecule has 0 bridgehead atoms. The summed E-state index contributed by atoms with van der Waals surface area (Å²) in [6.45, 7) is 15.6. The van der Waals surface area contributed by atoms with E-state index < -0.39 is 0 Å². The molecule has 2 heteroatoms. The summed E-state index contributed by atoms with van der Waals surface area (Å²) in [5.41, 5.74) is 3.10. The molecule has 2 nitrogen and oxygen atoms in total. The van der Waals surface area contributed by atoms with Crippen molar-refractivity contribution in [3.8, 4) is 0 Å². The topological polar surface area (TPSA) is 21.3 Å². The van der Waals surface area contributed by atoms with E-state index in [1.807, 2.05) is 7.05 Å². The lowest BCUT2D eigenvalue weighted by Gasteiger charge is -2.44. The summed E-state index contributed by atoms with van der Waals surface area (Å²) in [5, 5.41) is 0. The minimum atomic E-state index is -0.139. The van der Waals surface area contributed by atoms with Crippen LogP contribution in [0.3, 0.4) is 0 Å². The lowest BCUT2D eigenvalue weighted by Crippen LogP contribution is -2.48. The molecular weight excluding hydrogens is 174 g/mol. The number of rotatable bonds is 3. The molecule has 0 spiro atoms. The largest absolute Gasteiger partial charge is 0.295 e. The van der Waals surface area contributed by atoms with Crippen molar-refractivity contribution in [1.82, 2.24) is 5.48 Å². The Labute approximate surface area is 89.4 Å². The van der Waals surface area contributed by atoms with E-state index in [9.17, 15) is 0 Å². The molecular formula is C12H27NO. The van der Waals surface area contributed by atoms with E-state index in [0.717, 1.165) is 6.42 Å². The van der Waals surface area contributed by atoms with E-state index in [1.165, 1.54) is 0 Å². The third kappa shape index (κ3) is 3.97. The van der Waals surface area contributed by atoms with E-state index in [1.54, 1.807) is 0 Å². The smallest absolute Gasteiger partial charge is 0.0921 e. The van der Waals surface area contributed by atoms with Crippen LogP contribution < -0.4 is 5.48 Å². The Bertz CT molecular complexity index is 176. The van der Waals surface area contributed by atoms with Crippen LogP contribution in [-0.4, -0.2) is 12.6 Å². The van der Waals surface area contributed by atoms with Crippen molar-refractivity contribution in [3.05, 3.63) is 0 Å². The molecule has 0 saturated carbocycles. The van der Waals surface area contributed by atoms with Gasteiger partial charge in [0.1, 0.15) is 0 Å². The van der Waals surface area contributed by atoms with Gasteiger partial charge in [-0.3, -0.25) is 4.84 Å². The van der Waals surface area contributed by atoms with Crippen molar-refractivity contribution < 1.29 is 4.84 Å². The van der Waals surface area contributed by atoms with Gasteiger partial charge in [-0.15, -0.1) is 0 Å². The zero-order valence-electron chi connectivity index (χ0n) is 11.1. The first-order chi connectivity index (χ1) is 6.02. The maximum absolute atomic E-state index is 5.72. The first-order valence-corrected chi connectivity index (χ1v) is 5.37. The van der Waals surface area contributed by atoms with Gasteiger partial charge >= 0.3 is 0 Å². The standard InChI is InChI=1S/C12H27NO/c1-10(2,3)9-12(7,14-13-8)11(4,5)6/h13H,9H2,1-8H3. The van der Waals surface area contributed by atoms with Crippen molar-refractivity contribution >= 4 is 0 Å². The summed E-state index contributed by atoms with van der Waals surface area (Å²) < 4.78 is 0. The zero-order chi connectivity index (χ0) is 11.6. The van der Waals surface area contributed by atoms with E-state index in [0.29, 0.717) is 0 Å². The summed E-state index contributed by atoms with van der Waals surface area (Å²) in [5.74, 6) is 0. The molecule has 0 aliphatic carbocycles. The quantitative estimate of drug-likeness (QED) is 0.707. The third-order valence-corrected chi connectivity index (χ3v) is 2.78.